The number of carbonyl (C=O) groups is 1. The van der Waals surface area contributed by atoms with Crippen LogP contribution in [-0.2, 0) is 18.4 Å². The van der Waals surface area contributed by atoms with Crippen LogP contribution in [0.1, 0.15) is 373 Å². The van der Waals surface area contributed by atoms with Gasteiger partial charge in [0.05, 0.1) is 39.9 Å². The molecule has 0 fully saturated rings. The van der Waals surface area contributed by atoms with Gasteiger partial charge in [-0.25, -0.2) is 4.57 Å². The first-order valence-corrected chi connectivity index (χ1v) is 39.2. The van der Waals surface area contributed by atoms with Crippen LogP contribution in [0.25, 0.3) is 0 Å². The second kappa shape index (κ2) is 67.6. The van der Waals surface area contributed by atoms with Gasteiger partial charge < -0.3 is 19.8 Å². The third kappa shape index (κ3) is 69.7. The highest BCUT2D eigenvalue weighted by molar-refractivity contribution is 7.47. The number of rotatable bonds is 70. The molecule has 0 aliphatic rings. The maximum atomic E-state index is 13.1. The van der Waals surface area contributed by atoms with E-state index in [-0.39, 0.29) is 19.1 Å². The number of carbonyl (C=O) groups excluding carboxylic acids is 1. The van der Waals surface area contributed by atoms with Crippen LogP contribution >= 0.6 is 7.82 Å². The molecule has 506 valence electrons. The molecule has 0 saturated heterocycles. The number of likely N-dealkylation sites (N-methyl/N-ethyl adjacent to an activating group) is 1. The number of aliphatic hydroxyl groups is 1. The molecule has 0 spiro atoms. The zero-order chi connectivity index (χ0) is 62.6. The molecule has 0 aromatic heterocycles. The van der Waals surface area contributed by atoms with Gasteiger partial charge >= 0.3 is 7.82 Å². The van der Waals surface area contributed by atoms with Gasteiger partial charge in [0.25, 0.3) is 0 Å². The molecule has 8 nitrogen and oxygen atoms in total. The van der Waals surface area contributed by atoms with Gasteiger partial charge in [0.2, 0.25) is 5.91 Å². The normalized spacial score (nSPS) is 13.9. The molecule has 0 aromatic carbocycles. The number of unbranched alkanes of at least 4 members (excludes halogenated alkanes) is 49. The largest absolute Gasteiger partial charge is 0.472 e. The topological polar surface area (TPSA) is 105 Å². The fourth-order valence-electron chi connectivity index (χ4n) is 11.3. The van der Waals surface area contributed by atoms with Crippen LogP contribution in [0.5, 0.6) is 0 Å². The van der Waals surface area contributed by atoms with Gasteiger partial charge in [-0.3, -0.25) is 13.8 Å². The highest BCUT2D eigenvalue weighted by Crippen LogP contribution is 2.43. The molecule has 9 heteroatoms. The van der Waals surface area contributed by atoms with Crippen LogP contribution in [0.3, 0.4) is 0 Å². The van der Waals surface area contributed by atoms with Crippen LogP contribution in [0.4, 0.5) is 0 Å². The predicted molar refractivity (Wildman–Crippen MR) is 378 cm³/mol. The molecule has 0 heterocycles. The molecule has 3 N–H and O–H groups in total. The average molecular weight is 1230 g/mol. The minimum atomic E-state index is -4.37. The Morgan fingerprint density at radius 3 is 1.00 bits per heavy atom. The summed E-state index contributed by atoms with van der Waals surface area (Å²) in [6.45, 7) is 4.82. The van der Waals surface area contributed by atoms with Crippen molar-refractivity contribution < 1.29 is 32.9 Å². The van der Waals surface area contributed by atoms with Crippen molar-refractivity contribution in [2.24, 2.45) is 0 Å². The standard InChI is InChI=1S/C77H147N2O6P/c1-6-8-10-12-14-16-18-20-22-24-26-28-30-31-32-33-34-35-36-37-38-39-40-41-42-43-44-45-46-47-49-51-53-55-57-59-61-63-65-67-69-71-77(81)78-75(74-85-86(82,83)84-73-72-79(3,4)5)76(80)70-68-66-64-62-60-58-56-54-52-50-48-29-27-25-23-21-19-17-15-13-11-9-7-2/h18,20,24,26,52,54,60,62,68,70,75-76,80H,6-17,19,21-23,25,27-51,53,55-59,61,63-67,69,71-74H2,1-5H3,(H-,78,81,82,83)/p+1/b20-18-,26-24-,54-52+,62-60+,70-68+. The van der Waals surface area contributed by atoms with Crippen molar-refractivity contribution in [3.8, 4) is 0 Å². The summed E-state index contributed by atoms with van der Waals surface area (Å²) in [6.07, 6.45) is 94.1. The maximum absolute atomic E-state index is 13.1. The van der Waals surface area contributed by atoms with Crippen molar-refractivity contribution in [1.29, 1.82) is 0 Å². The van der Waals surface area contributed by atoms with E-state index in [2.05, 4.69) is 67.8 Å². The first-order valence-electron chi connectivity index (χ1n) is 37.7. The number of amides is 1. The first kappa shape index (κ1) is 84.2. The number of nitrogens with one attached hydrogen (secondary N) is 1. The second-order valence-corrected chi connectivity index (χ2v) is 28.5. The van der Waals surface area contributed by atoms with E-state index in [0.29, 0.717) is 17.4 Å². The molecule has 0 aliphatic carbocycles. The number of phosphoric ester groups is 1. The first-order chi connectivity index (χ1) is 42.0. The maximum Gasteiger partial charge on any atom is 0.472 e. The number of quaternary nitrogens is 1. The minimum Gasteiger partial charge on any atom is -0.387 e. The van der Waals surface area contributed by atoms with E-state index in [1.54, 1.807) is 6.08 Å². The third-order valence-corrected chi connectivity index (χ3v) is 18.2. The zero-order valence-electron chi connectivity index (χ0n) is 58.1. The van der Waals surface area contributed by atoms with E-state index in [0.717, 1.165) is 51.4 Å². The predicted octanol–water partition coefficient (Wildman–Crippen LogP) is 24.3. The number of hydrogen-bond acceptors (Lipinski definition) is 5. The molecule has 0 radical (unpaired) electrons. The third-order valence-electron chi connectivity index (χ3n) is 17.2. The number of phosphoric acid groups is 1. The summed E-state index contributed by atoms with van der Waals surface area (Å²) in [4.78, 5) is 23.4. The smallest absolute Gasteiger partial charge is 0.387 e. The van der Waals surface area contributed by atoms with Gasteiger partial charge in [0.15, 0.2) is 0 Å². The van der Waals surface area contributed by atoms with E-state index >= 15 is 0 Å². The van der Waals surface area contributed by atoms with Crippen molar-refractivity contribution in [2.75, 3.05) is 40.9 Å². The quantitative estimate of drug-likeness (QED) is 0.0243. The molecule has 0 bridgehead atoms. The highest BCUT2D eigenvalue weighted by Gasteiger charge is 2.28. The summed E-state index contributed by atoms with van der Waals surface area (Å²) in [6, 6.07) is -0.871. The van der Waals surface area contributed by atoms with Crippen molar-refractivity contribution in [2.45, 2.75) is 386 Å². The van der Waals surface area contributed by atoms with Gasteiger partial charge in [-0.05, 0) is 77.0 Å². The fraction of sp³-hybridized carbons (Fsp3) is 0.857. The van der Waals surface area contributed by atoms with Crippen molar-refractivity contribution in [3.05, 3.63) is 60.8 Å². The zero-order valence-corrected chi connectivity index (χ0v) is 59.0. The van der Waals surface area contributed by atoms with E-state index in [9.17, 15) is 19.4 Å². The lowest BCUT2D eigenvalue weighted by molar-refractivity contribution is -0.870. The fourth-order valence-corrected chi connectivity index (χ4v) is 12.1. The Kier molecular flexibility index (Phi) is 66.2. The molecular formula is C77H148N2O6P+. The van der Waals surface area contributed by atoms with Crippen molar-refractivity contribution in [1.82, 2.24) is 5.32 Å². The molecule has 0 rings (SSSR count). The summed E-state index contributed by atoms with van der Waals surface area (Å²) in [5, 5.41) is 14.0. The number of nitrogens with zero attached hydrogens (tertiary/aromatic N) is 1. The Morgan fingerprint density at radius 2 is 0.674 bits per heavy atom. The summed E-state index contributed by atoms with van der Waals surface area (Å²) in [5.74, 6) is -0.184. The highest BCUT2D eigenvalue weighted by atomic mass is 31.2. The molecule has 3 unspecified atom stereocenters. The lowest BCUT2D eigenvalue weighted by atomic mass is 10.0. The average Bonchev–Trinajstić information content (AvgIpc) is 3.70. The Labute approximate surface area is 536 Å². The van der Waals surface area contributed by atoms with Crippen molar-refractivity contribution >= 4 is 13.7 Å². The van der Waals surface area contributed by atoms with Gasteiger partial charge in [0.1, 0.15) is 13.2 Å². The summed E-state index contributed by atoms with van der Waals surface area (Å²) in [5.41, 5.74) is 0. The van der Waals surface area contributed by atoms with Gasteiger partial charge in [-0.1, -0.05) is 351 Å². The van der Waals surface area contributed by atoms with Crippen LogP contribution in [-0.4, -0.2) is 73.4 Å². The van der Waals surface area contributed by atoms with Gasteiger partial charge in [0, 0.05) is 6.42 Å². The Balaban J connectivity index is 3.95. The summed E-state index contributed by atoms with van der Waals surface area (Å²) in [7, 11) is 1.56. The second-order valence-electron chi connectivity index (χ2n) is 27.0. The van der Waals surface area contributed by atoms with Gasteiger partial charge in [-0.15, -0.1) is 0 Å². The van der Waals surface area contributed by atoms with E-state index in [4.69, 9.17) is 9.05 Å². The Bertz CT molecular complexity index is 1590. The molecule has 86 heavy (non-hydrogen) atoms. The molecule has 1 amide bonds. The van der Waals surface area contributed by atoms with E-state index < -0.39 is 20.0 Å². The van der Waals surface area contributed by atoms with Crippen molar-refractivity contribution in [3.63, 3.8) is 0 Å². The SMILES string of the molecule is CCCCCCC/C=C\C/C=C\CCCCCCCCCCCCCCCCCCCCCCCCCCCCCCCC(=O)NC(COP(=O)(O)OCC[N+](C)(C)C)C(O)/C=C/CC/C=C/CC/C=C/CCCCCCCCCCCCCCC. The summed E-state index contributed by atoms with van der Waals surface area (Å²) >= 11 is 0. The van der Waals surface area contributed by atoms with Crippen LogP contribution in [0.15, 0.2) is 60.8 Å². The Morgan fingerprint density at radius 1 is 0.395 bits per heavy atom. The monoisotopic (exact) mass is 1230 g/mol. The van der Waals surface area contributed by atoms with Crippen LogP contribution < -0.4 is 5.32 Å². The van der Waals surface area contributed by atoms with Crippen LogP contribution in [0.2, 0.25) is 0 Å². The molecule has 0 aromatic rings. The molecule has 3 atom stereocenters. The van der Waals surface area contributed by atoms with Crippen LogP contribution in [0, 0.1) is 0 Å². The molecule has 0 saturated carbocycles. The Hall–Kier alpha value is -1.80. The lowest BCUT2D eigenvalue weighted by Gasteiger charge is -2.25. The van der Waals surface area contributed by atoms with Gasteiger partial charge in [-0.2, -0.15) is 0 Å². The minimum absolute atomic E-state index is 0.0543. The number of allylic oxidation sites excluding steroid dienone is 9. The van der Waals surface area contributed by atoms with E-state index in [1.807, 2.05) is 27.2 Å². The number of hydrogen-bond donors (Lipinski definition) is 3. The lowest BCUT2D eigenvalue weighted by Crippen LogP contribution is -2.45. The number of aliphatic hydroxyl groups excluding tert-OH is 1. The molecule has 0 aliphatic heterocycles. The molecular weight excluding hydrogens is 1080 g/mol. The summed E-state index contributed by atoms with van der Waals surface area (Å²) < 4.78 is 23.8. The van der Waals surface area contributed by atoms with E-state index in [1.165, 1.54) is 302 Å².